The maximum atomic E-state index is 12.8. The lowest BCUT2D eigenvalue weighted by Gasteiger charge is -2.19. The summed E-state index contributed by atoms with van der Waals surface area (Å²) in [4.78, 5) is 36.7. The Morgan fingerprint density at radius 1 is 0.759 bits per heavy atom. The predicted octanol–water partition coefficient (Wildman–Crippen LogP) is 2.57. The van der Waals surface area contributed by atoms with Gasteiger partial charge in [0.25, 0.3) is 5.91 Å². The highest BCUT2D eigenvalue weighted by atomic mass is 16.2. The van der Waals surface area contributed by atoms with Crippen LogP contribution in [0.1, 0.15) is 37.9 Å². The maximum absolute atomic E-state index is 12.8. The van der Waals surface area contributed by atoms with Crippen molar-refractivity contribution in [1.82, 2.24) is 10.6 Å². The molecule has 4 N–H and O–H groups in total. The molecule has 29 heavy (non-hydrogen) atoms. The van der Waals surface area contributed by atoms with E-state index in [1.54, 1.807) is 24.3 Å². The largest absolute Gasteiger partial charge is 0.366 e. The zero-order valence-corrected chi connectivity index (χ0v) is 15.7. The van der Waals surface area contributed by atoms with E-state index in [0.29, 0.717) is 23.2 Å². The molecule has 0 fully saturated rings. The third-order valence-electron chi connectivity index (χ3n) is 4.41. The molecule has 0 aliphatic carbocycles. The van der Waals surface area contributed by atoms with E-state index in [1.165, 1.54) is 24.3 Å². The highest BCUT2D eigenvalue weighted by molar-refractivity contribution is 5.99. The molecular formula is C23H21N3O3. The van der Waals surface area contributed by atoms with E-state index in [1.807, 2.05) is 36.4 Å². The van der Waals surface area contributed by atoms with Crippen molar-refractivity contribution >= 4 is 17.7 Å². The normalized spacial score (nSPS) is 11.3. The number of carbonyl (C=O) groups is 3. The van der Waals surface area contributed by atoms with Gasteiger partial charge in [0.2, 0.25) is 11.8 Å². The van der Waals surface area contributed by atoms with Gasteiger partial charge < -0.3 is 16.4 Å². The van der Waals surface area contributed by atoms with Crippen LogP contribution >= 0.6 is 0 Å². The van der Waals surface area contributed by atoms with Gasteiger partial charge >= 0.3 is 0 Å². The number of amides is 3. The molecule has 0 aliphatic heterocycles. The molecule has 3 rings (SSSR count). The summed E-state index contributed by atoms with van der Waals surface area (Å²) in [7, 11) is 0. The van der Waals surface area contributed by atoms with Gasteiger partial charge in [-0.25, -0.2) is 0 Å². The SMILES string of the molecule is NC(=O)c1ccc(C(=O)NC(C(=O)NCc2ccccc2)c2ccccc2)cc1. The summed E-state index contributed by atoms with van der Waals surface area (Å²) in [6, 6.07) is 23.6. The fourth-order valence-corrected chi connectivity index (χ4v) is 2.83. The summed E-state index contributed by atoms with van der Waals surface area (Å²) >= 11 is 0. The molecule has 0 saturated carbocycles. The number of carbonyl (C=O) groups excluding carboxylic acids is 3. The fraction of sp³-hybridized carbons (Fsp3) is 0.0870. The van der Waals surface area contributed by atoms with Crippen molar-refractivity contribution in [1.29, 1.82) is 0 Å². The summed E-state index contributed by atoms with van der Waals surface area (Å²) < 4.78 is 0. The first-order chi connectivity index (χ1) is 14.0. The van der Waals surface area contributed by atoms with E-state index in [-0.39, 0.29) is 5.91 Å². The lowest BCUT2D eigenvalue weighted by atomic mass is 10.0. The second kappa shape index (κ2) is 9.32. The monoisotopic (exact) mass is 387 g/mol. The van der Waals surface area contributed by atoms with Crippen LogP contribution in [0, 0.1) is 0 Å². The Hall–Kier alpha value is -3.93. The van der Waals surface area contributed by atoms with Gasteiger partial charge in [0.15, 0.2) is 0 Å². The summed E-state index contributed by atoms with van der Waals surface area (Å²) in [6.07, 6.45) is 0. The van der Waals surface area contributed by atoms with Crippen LogP contribution in [-0.4, -0.2) is 17.7 Å². The molecule has 6 nitrogen and oxygen atoms in total. The molecular weight excluding hydrogens is 366 g/mol. The first-order valence-corrected chi connectivity index (χ1v) is 9.12. The minimum Gasteiger partial charge on any atom is -0.366 e. The molecule has 0 spiro atoms. The quantitative estimate of drug-likeness (QED) is 0.581. The molecule has 0 aromatic heterocycles. The number of benzene rings is 3. The first kappa shape index (κ1) is 19.8. The summed E-state index contributed by atoms with van der Waals surface area (Å²) in [5, 5.41) is 5.63. The van der Waals surface area contributed by atoms with Crippen molar-refractivity contribution in [2.75, 3.05) is 0 Å². The van der Waals surface area contributed by atoms with Crippen molar-refractivity contribution in [3.63, 3.8) is 0 Å². The van der Waals surface area contributed by atoms with E-state index < -0.39 is 17.9 Å². The van der Waals surface area contributed by atoms with Gasteiger partial charge in [-0.1, -0.05) is 60.7 Å². The Balaban J connectivity index is 1.75. The predicted molar refractivity (Wildman–Crippen MR) is 110 cm³/mol. The molecule has 0 aliphatic rings. The van der Waals surface area contributed by atoms with Gasteiger partial charge in [-0.2, -0.15) is 0 Å². The molecule has 0 saturated heterocycles. The van der Waals surface area contributed by atoms with Crippen LogP contribution in [0.15, 0.2) is 84.9 Å². The van der Waals surface area contributed by atoms with Crippen molar-refractivity contribution in [2.45, 2.75) is 12.6 Å². The van der Waals surface area contributed by atoms with Crippen LogP contribution in [0.4, 0.5) is 0 Å². The number of primary amides is 1. The van der Waals surface area contributed by atoms with Crippen LogP contribution in [0.3, 0.4) is 0 Å². The number of rotatable bonds is 7. The highest BCUT2D eigenvalue weighted by Gasteiger charge is 2.23. The van der Waals surface area contributed by atoms with E-state index in [4.69, 9.17) is 5.73 Å². The summed E-state index contributed by atoms with van der Waals surface area (Å²) in [5.74, 6) is -1.31. The average Bonchev–Trinajstić information content (AvgIpc) is 2.77. The van der Waals surface area contributed by atoms with Crippen molar-refractivity contribution < 1.29 is 14.4 Å². The van der Waals surface area contributed by atoms with E-state index >= 15 is 0 Å². The molecule has 0 heterocycles. The molecule has 146 valence electrons. The van der Waals surface area contributed by atoms with Gasteiger partial charge in [0.05, 0.1) is 0 Å². The highest BCUT2D eigenvalue weighted by Crippen LogP contribution is 2.15. The average molecular weight is 387 g/mol. The molecule has 1 unspecified atom stereocenters. The molecule has 3 amide bonds. The van der Waals surface area contributed by atoms with Crippen LogP contribution in [0.2, 0.25) is 0 Å². The number of hydrogen-bond acceptors (Lipinski definition) is 3. The molecule has 3 aromatic carbocycles. The van der Waals surface area contributed by atoms with Crippen molar-refractivity contribution in [2.24, 2.45) is 5.73 Å². The number of nitrogens with two attached hydrogens (primary N) is 1. The minimum atomic E-state index is -0.858. The molecule has 1 atom stereocenters. The second-order valence-corrected chi connectivity index (χ2v) is 6.46. The van der Waals surface area contributed by atoms with Gasteiger partial charge in [-0.3, -0.25) is 14.4 Å². The molecule has 0 bridgehead atoms. The topological polar surface area (TPSA) is 101 Å². The van der Waals surface area contributed by atoms with E-state index in [0.717, 1.165) is 5.56 Å². The summed E-state index contributed by atoms with van der Waals surface area (Å²) in [5.41, 5.74) is 7.48. The Bertz CT molecular complexity index is 987. The van der Waals surface area contributed by atoms with Gasteiger partial charge in [-0.15, -0.1) is 0 Å². The third kappa shape index (κ3) is 5.29. The summed E-state index contributed by atoms with van der Waals surface area (Å²) in [6.45, 7) is 0.353. The Labute approximate surface area is 168 Å². The van der Waals surface area contributed by atoms with E-state index in [9.17, 15) is 14.4 Å². The smallest absolute Gasteiger partial charge is 0.252 e. The molecule has 0 radical (unpaired) electrons. The minimum absolute atomic E-state index is 0.307. The molecule has 3 aromatic rings. The number of nitrogens with one attached hydrogen (secondary N) is 2. The maximum Gasteiger partial charge on any atom is 0.252 e. The lowest BCUT2D eigenvalue weighted by Crippen LogP contribution is -2.40. The van der Waals surface area contributed by atoms with Gasteiger partial charge in [-0.05, 0) is 35.4 Å². The third-order valence-corrected chi connectivity index (χ3v) is 4.41. The van der Waals surface area contributed by atoms with Crippen LogP contribution in [0.25, 0.3) is 0 Å². The standard InChI is InChI=1S/C23H21N3O3/c24-21(27)18-11-13-19(14-12-18)22(28)26-20(17-9-5-2-6-10-17)23(29)25-15-16-7-3-1-4-8-16/h1-14,20H,15H2,(H2,24,27)(H,25,29)(H,26,28). The van der Waals surface area contributed by atoms with Crippen LogP contribution < -0.4 is 16.4 Å². The van der Waals surface area contributed by atoms with Crippen LogP contribution in [0.5, 0.6) is 0 Å². The number of hydrogen-bond donors (Lipinski definition) is 3. The molecule has 6 heteroatoms. The van der Waals surface area contributed by atoms with E-state index in [2.05, 4.69) is 10.6 Å². The fourth-order valence-electron chi connectivity index (χ4n) is 2.83. The van der Waals surface area contributed by atoms with Crippen molar-refractivity contribution in [3.8, 4) is 0 Å². The van der Waals surface area contributed by atoms with Crippen LogP contribution in [-0.2, 0) is 11.3 Å². The Kier molecular flexibility index (Phi) is 6.37. The second-order valence-electron chi connectivity index (χ2n) is 6.46. The Morgan fingerprint density at radius 2 is 1.31 bits per heavy atom. The van der Waals surface area contributed by atoms with Gasteiger partial charge in [0.1, 0.15) is 6.04 Å². The first-order valence-electron chi connectivity index (χ1n) is 9.12. The Morgan fingerprint density at radius 3 is 1.90 bits per heavy atom. The van der Waals surface area contributed by atoms with Gasteiger partial charge in [0, 0.05) is 17.7 Å². The zero-order chi connectivity index (χ0) is 20.6. The lowest BCUT2D eigenvalue weighted by molar-refractivity contribution is -0.123. The zero-order valence-electron chi connectivity index (χ0n) is 15.7. The van der Waals surface area contributed by atoms with Crippen molar-refractivity contribution in [3.05, 3.63) is 107 Å².